The van der Waals surface area contributed by atoms with Crippen LogP contribution >= 0.6 is 0 Å². The van der Waals surface area contributed by atoms with Crippen molar-refractivity contribution in [2.45, 2.75) is 33.6 Å². The highest BCUT2D eigenvalue weighted by atomic mass is 16.4. The predicted octanol–water partition coefficient (Wildman–Crippen LogP) is 1.78. The average Bonchev–Trinajstić information content (AvgIpc) is 3.00. The largest absolute Gasteiger partial charge is 0.481 e. The van der Waals surface area contributed by atoms with Crippen molar-refractivity contribution in [3.63, 3.8) is 0 Å². The SMILES string of the molecule is CCC(C)(CNC(=O)N(C)CC1CC1C)C(=O)O. The number of rotatable bonds is 6. The van der Waals surface area contributed by atoms with Gasteiger partial charge in [0.05, 0.1) is 5.41 Å². The molecule has 0 heterocycles. The third kappa shape index (κ3) is 3.62. The van der Waals surface area contributed by atoms with Gasteiger partial charge in [-0.3, -0.25) is 4.79 Å². The molecular weight excluding hydrogens is 232 g/mol. The minimum Gasteiger partial charge on any atom is -0.481 e. The Morgan fingerprint density at radius 1 is 1.50 bits per heavy atom. The summed E-state index contributed by atoms with van der Waals surface area (Å²) in [7, 11) is 1.75. The van der Waals surface area contributed by atoms with Gasteiger partial charge in [-0.15, -0.1) is 0 Å². The van der Waals surface area contributed by atoms with Crippen molar-refractivity contribution in [1.82, 2.24) is 10.2 Å². The van der Waals surface area contributed by atoms with Crippen LogP contribution in [-0.2, 0) is 4.79 Å². The second-order valence-corrected chi connectivity index (χ2v) is 5.73. The summed E-state index contributed by atoms with van der Waals surface area (Å²) in [6.07, 6.45) is 1.67. The fourth-order valence-electron chi connectivity index (χ4n) is 1.85. The lowest BCUT2D eigenvalue weighted by Crippen LogP contribution is -2.45. The summed E-state index contributed by atoms with van der Waals surface area (Å²) >= 11 is 0. The number of hydrogen-bond donors (Lipinski definition) is 2. The highest BCUT2D eigenvalue weighted by Gasteiger charge is 2.35. The number of hydrogen-bond acceptors (Lipinski definition) is 2. The minimum absolute atomic E-state index is 0.169. The van der Waals surface area contributed by atoms with Crippen molar-refractivity contribution in [1.29, 1.82) is 0 Å². The van der Waals surface area contributed by atoms with Crippen molar-refractivity contribution < 1.29 is 14.7 Å². The molecule has 1 fully saturated rings. The van der Waals surface area contributed by atoms with E-state index in [2.05, 4.69) is 12.2 Å². The van der Waals surface area contributed by atoms with Gasteiger partial charge in [0.15, 0.2) is 0 Å². The molecule has 0 saturated heterocycles. The number of carbonyl (C=O) groups excluding carboxylic acids is 1. The molecule has 0 aromatic heterocycles. The molecule has 3 unspecified atom stereocenters. The zero-order valence-corrected chi connectivity index (χ0v) is 11.7. The zero-order chi connectivity index (χ0) is 13.9. The van der Waals surface area contributed by atoms with Crippen LogP contribution in [0, 0.1) is 17.3 Å². The van der Waals surface area contributed by atoms with Crippen LogP contribution in [0.4, 0.5) is 4.79 Å². The van der Waals surface area contributed by atoms with Gasteiger partial charge >= 0.3 is 12.0 Å². The third-order valence-electron chi connectivity index (χ3n) is 4.06. The number of nitrogens with one attached hydrogen (secondary N) is 1. The molecule has 1 aliphatic rings. The van der Waals surface area contributed by atoms with Crippen LogP contribution in [0.5, 0.6) is 0 Å². The van der Waals surface area contributed by atoms with Crippen molar-refractivity contribution in [3.8, 4) is 0 Å². The van der Waals surface area contributed by atoms with Gasteiger partial charge in [-0.2, -0.15) is 0 Å². The fourth-order valence-corrected chi connectivity index (χ4v) is 1.85. The number of aliphatic carboxylic acids is 1. The van der Waals surface area contributed by atoms with Gasteiger partial charge in [-0.05, 0) is 31.6 Å². The highest BCUT2D eigenvalue weighted by molar-refractivity contribution is 5.77. The Labute approximate surface area is 109 Å². The number of amides is 2. The smallest absolute Gasteiger partial charge is 0.317 e. The summed E-state index contributed by atoms with van der Waals surface area (Å²) in [6.45, 7) is 6.56. The fraction of sp³-hybridized carbons (Fsp3) is 0.846. The molecule has 1 rings (SSSR count). The quantitative estimate of drug-likeness (QED) is 0.761. The van der Waals surface area contributed by atoms with Gasteiger partial charge < -0.3 is 15.3 Å². The monoisotopic (exact) mass is 256 g/mol. The summed E-state index contributed by atoms with van der Waals surface area (Å²) in [5.41, 5.74) is -0.886. The number of carbonyl (C=O) groups is 2. The molecule has 1 aliphatic carbocycles. The molecule has 18 heavy (non-hydrogen) atoms. The summed E-state index contributed by atoms with van der Waals surface area (Å²) < 4.78 is 0. The summed E-state index contributed by atoms with van der Waals surface area (Å²) in [5.74, 6) is 0.446. The number of carboxylic acid groups (broad SMARTS) is 1. The first-order chi connectivity index (χ1) is 8.30. The van der Waals surface area contributed by atoms with E-state index in [0.717, 1.165) is 6.54 Å². The first-order valence-electron chi connectivity index (χ1n) is 6.52. The molecule has 5 heteroatoms. The Balaban J connectivity index is 2.37. The van der Waals surface area contributed by atoms with E-state index in [-0.39, 0.29) is 12.6 Å². The standard InChI is InChI=1S/C13H24N2O3/c1-5-13(3,11(16)17)8-14-12(18)15(4)7-10-6-9(10)2/h9-10H,5-8H2,1-4H3,(H,14,18)(H,16,17). The zero-order valence-electron chi connectivity index (χ0n) is 11.7. The molecule has 3 atom stereocenters. The Bertz CT molecular complexity index is 332. The van der Waals surface area contributed by atoms with Gasteiger partial charge in [0, 0.05) is 20.1 Å². The Morgan fingerprint density at radius 3 is 2.44 bits per heavy atom. The second-order valence-electron chi connectivity index (χ2n) is 5.73. The summed E-state index contributed by atoms with van der Waals surface area (Å²) in [5, 5.41) is 11.8. The molecule has 104 valence electrons. The van der Waals surface area contributed by atoms with E-state index in [1.54, 1.807) is 18.9 Å². The normalized spacial score (nSPS) is 25.1. The van der Waals surface area contributed by atoms with Gasteiger partial charge in [-0.1, -0.05) is 13.8 Å². The lowest BCUT2D eigenvalue weighted by Gasteiger charge is -2.25. The van der Waals surface area contributed by atoms with E-state index < -0.39 is 11.4 Å². The van der Waals surface area contributed by atoms with Crippen molar-refractivity contribution in [3.05, 3.63) is 0 Å². The van der Waals surface area contributed by atoms with Crippen LogP contribution in [0.15, 0.2) is 0 Å². The summed E-state index contributed by atoms with van der Waals surface area (Å²) in [6, 6.07) is -0.185. The van der Waals surface area contributed by atoms with Crippen molar-refractivity contribution in [2.24, 2.45) is 17.3 Å². The maximum absolute atomic E-state index is 11.8. The molecule has 2 amide bonds. The third-order valence-corrected chi connectivity index (χ3v) is 4.06. The Morgan fingerprint density at radius 2 is 2.06 bits per heavy atom. The molecule has 0 radical (unpaired) electrons. The molecule has 0 bridgehead atoms. The summed E-state index contributed by atoms with van der Waals surface area (Å²) in [4.78, 5) is 24.6. The molecule has 0 aromatic rings. The van der Waals surface area contributed by atoms with Crippen LogP contribution < -0.4 is 5.32 Å². The molecule has 1 saturated carbocycles. The molecule has 0 aromatic carbocycles. The molecule has 0 spiro atoms. The van der Waals surface area contributed by atoms with Crippen molar-refractivity contribution >= 4 is 12.0 Å². The number of urea groups is 1. The topological polar surface area (TPSA) is 69.6 Å². The van der Waals surface area contributed by atoms with Crippen molar-refractivity contribution in [2.75, 3.05) is 20.1 Å². The van der Waals surface area contributed by atoms with E-state index in [0.29, 0.717) is 18.3 Å². The first kappa shape index (κ1) is 14.8. The van der Waals surface area contributed by atoms with E-state index >= 15 is 0 Å². The van der Waals surface area contributed by atoms with E-state index in [1.165, 1.54) is 6.42 Å². The van der Waals surface area contributed by atoms with Gasteiger partial charge in [0.25, 0.3) is 0 Å². The van der Waals surface area contributed by atoms with E-state index in [1.807, 2.05) is 6.92 Å². The van der Waals surface area contributed by atoms with Crippen LogP contribution in [0.1, 0.15) is 33.6 Å². The number of nitrogens with zero attached hydrogens (tertiary/aromatic N) is 1. The first-order valence-corrected chi connectivity index (χ1v) is 6.52. The molecular formula is C13H24N2O3. The van der Waals surface area contributed by atoms with Crippen LogP contribution in [-0.4, -0.2) is 42.1 Å². The minimum atomic E-state index is -0.886. The highest BCUT2D eigenvalue weighted by Crippen LogP contribution is 2.37. The molecule has 2 N–H and O–H groups in total. The van der Waals surface area contributed by atoms with Gasteiger partial charge in [-0.25, -0.2) is 4.79 Å². The van der Waals surface area contributed by atoms with Crippen LogP contribution in [0.3, 0.4) is 0 Å². The van der Waals surface area contributed by atoms with Crippen LogP contribution in [0.25, 0.3) is 0 Å². The Hall–Kier alpha value is -1.26. The maximum Gasteiger partial charge on any atom is 0.317 e. The van der Waals surface area contributed by atoms with Gasteiger partial charge in [0.2, 0.25) is 0 Å². The predicted molar refractivity (Wildman–Crippen MR) is 69.3 cm³/mol. The van der Waals surface area contributed by atoms with Gasteiger partial charge in [0.1, 0.15) is 0 Å². The lowest BCUT2D eigenvalue weighted by molar-refractivity contribution is -0.147. The average molecular weight is 256 g/mol. The van der Waals surface area contributed by atoms with E-state index in [4.69, 9.17) is 5.11 Å². The molecule has 5 nitrogen and oxygen atoms in total. The molecule has 0 aliphatic heterocycles. The van der Waals surface area contributed by atoms with E-state index in [9.17, 15) is 9.59 Å². The number of carboxylic acids is 1. The Kier molecular flexibility index (Phi) is 4.59. The van der Waals surface area contributed by atoms with Crippen LogP contribution in [0.2, 0.25) is 0 Å². The second kappa shape index (κ2) is 5.59. The lowest BCUT2D eigenvalue weighted by atomic mass is 9.88. The maximum atomic E-state index is 11.8.